The summed E-state index contributed by atoms with van der Waals surface area (Å²) in [5.74, 6) is 0.557. The lowest BCUT2D eigenvalue weighted by Gasteiger charge is -2.20. The highest BCUT2D eigenvalue weighted by molar-refractivity contribution is 7.15. The summed E-state index contributed by atoms with van der Waals surface area (Å²) in [6.07, 6.45) is 5.53. The van der Waals surface area contributed by atoms with E-state index in [0.717, 1.165) is 28.1 Å². The zero-order valence-electron chi connectivity index (χ0n) is 12.1. The minimum Gasteiger partial charge on any atom is -0.464 e. The SMILES string of the molecule is CNCC1CCCc2sc(-c3coc4ccccc34)nc21. The molecule has 0 saturated carbocycles. The summed E-state index contributed by atoms with van der Waals surface area (Å²) in [7, 11) is 2.02. The molecule has 4 rings (SSSR count). The van der Waals surface area contributed by atoms with E-state index in [4.69, 9.17) is 9.40 Å². The highest BCUT2D eigenvalue weighted by atomic mass is 32.1. The molecule has 2 aromatic heterocycles. The molecule has 0 bridgehead atoms. The largest absolute Gasteiger partial charge is 0.464 e. The Labute approximate surface area is 128 Å². The molecule has 3 nitrogen and oxygen atoms in total. The second kappa shape index (κ2) is 5.28. The molecule has 0 aliphatic heterocycles. The maximum Gasteiger partial charge on any atom is 0.134 e. The average Bonchev–Trinajstić information content (AvgIpc) is 3.11. The van der Waals surface area contributed by atoms with Crippen LogP contribution in [-0.2, 0) is 6.42 Å². The molecule has 0 fully saturated rings. The van der Waals surface area contributed by atoms with Crippen molar-refractivity contribution in [2.24, 2.45) is 0 Å². The minimum absolute atomic E-state index is 0.557. The van der Waals surface area contributed by atoms with E-state index in [9.17, 15) is 0 Å². The van der Waals surface area contributed by atoms with Gasteiger partial charge in [0.15, 0.2) is 0 Å². The van der Waals surface area contributed by atoms with E-state index >= 15 is 0 Å². The van der Waals surface area contributed by atoms with Gasteiger partial charge in [-0.1, -0.05) is 18.2 Å². The van der Waals surface area contributed by atoms with E-state index in [1.165, 1.54) is 29.8 Å². The molecule has 1 aliphatic carbocycles. The van der Waals surface area contributed by atoms with Gasteiger partial charge in [-0.05, 0) is 32.4 Å². The molecule has 108 valence electrons. The van der Waals surface area contributed by atoms with Crippen LogP contribution >= 0.6 is 11.3 Å². The van der Waals surface area contributed by atoms with Crippen LogP contribution in [0.5, 0.6) is 0 Å². The molecule has 0 saturated heterocycles. The number of para-hydroxylation sites is 1. The Morgan fingerprint density at radius 1 is 1.38 bits per heavy atom. The van der Waals surface area contributed by atoms with Crippen LogP contribution in [-0.4, -0.2) is 18.6 Å². The van der Waals surface area contributed by atoms with E-state index in [-0.39, 0.29) is 0 Å². The zero-order chi connectivity index (χ0) is 14.2. The number of aromatic nitrogens is 1. The van der Waals surface area contributed by atoms with Crippen LogP contribution in [0.3, 0.4) is 0 Å². The van der Waals surface area contributed by atoms with Crippen LogP contribution in [0.4, 0.5) is 0 Å². The number of nitrogens with one attached hydrogen (secondary N) is 1. The van der Waals surface area contributed by atoms with Gasteiger partial charge in [0.2, 0.25) is 0 Å². The van der Waals surface area contributed by atoms with Gasteiger partial charge in [-0.15, -0.1) is 11.3 Å². The highest BCUT2D eigenvalue weighted by Crippen LogP contribution is 2.40. The molecule has 0 radical (unpaired) electrons. The second-order valence-electron chi connectivity index (χ2n) is 5.62. The molecule has 3 aromatic rings. The van der Waals surface area contributed by atoms with Gasteiger partial charge in [-0.2, -0.15) is 0 Å². The van der Waals surface area contributed by atoms with Crippen LogP contribution in [0.25, 0.3) is 21.5 Å². The topological polar surface area (TPSA) is 38.1 Å². The Balaban J connectivity index is 1.80. The first-order valence-electron chi connectivity index (χ1n) is 7.47. The van der Waals surface area contributed by atoms with Crippen molar-refractivity contribution in [2.75, 3.05) is 13.6 Å². The fourth-order valence-corrected chi connectivity index (χ4v) is 4.42. The van der Waals surface area contributed by atoms with Crippen molar-refractivity contribution in [1.82, 2.24) is 10.3 Å². The standard InChI is InChI=1S/C17H18N2OS/c1-18-9-11-5-4-8-15-16(11)19-17(21-15)13-10-20-14-7-3-2-6-12(13)14/h2-3,6-7,10-11,18H,4-5,8-9H2,1H3. The van der Waals surface area contributed by atoms with Crippen molar-refractivity contribution in [3.8, 4) is 10.6 Å². The number of likely N-dealkylation sites (N-methyl/N-ethyl adjacent to an activating group) is 1. The maximum absolute atomic E-state index is 5.66. The number of fused-ring (bicyclic) bond motifs is 2. The fraction of sp³-hybridized carbons (Fsp3) is 0.353. The zero-order valence-corrected chi connectivity index (χ0v) is 12.9. The highest BCUT2D eigenvalue weighted by Gasteiger charge is 2.25. The van der Waals surface area contributed by atoms with Crippen molar-refractivity contribution >= 4 is 22.3 Å². The van der Waals surface area contributed by atoms with E-state index < -0.39 is 0 Å². The third-order valence-corrected chi connectivity index (χ3v) is 5.40. The predicted octanol–water partition coefficient (Wildman–Crippen LogP) is 4.20. The van der Waals surface area contributed by atoms with Crippen LogP contribution in [0.2, 0.25) is 0 Å². The van der Waals surface area contributed by atoms with Gasteiger partial charge in [0.05, 0.1) is 11.3 Å². The summed E-state index contributed by atoms with van der Waals surface area (Å²) in [6, 6.07) is 8.18. The Morgan fingerprint density at radius 2 is 2.29 bits per heavy atom. The molecule has 1 unspecified atom stereocenters. The summed E-state index contributed by atoms with van der Waals surface area (Å²) in [4.78, 5) is 6.42. The molecule has 4 heteroatoms. The molecule has 1 N–H and O–H groups in total. The molecule has 2 heterocycles. The quantitative estimate of drug-likeness (QED) is 0.787. The molecular formula is C17H18N2OS. The van der Waals surface area contributed by atoms with E-state index in [1.807, 2.05) is 36.8 Å². The average molecular weight is 298 g/mol. The Bertz CT molecular complexity index is 774. The molecule has 1 atom stereocenters. The first-order valence-corrected chi connectivity index (χ1v) is 8.29. The van der Waals surface area contributed by atoms with Gasteiger partial charge in [0.1, 0.15) is 16.9 Å². The molecule has 1 aliphatic rings. The van der Waals surface area contributed by atoms with Crippen LogP contribution in [0.1, 0.15) is 29.3 Å². The van der Waals surface area contributed by atoms with Crippen molar-refractivity contribution in [3.05, 3.63) is 41.1 Å². The first-order chi connectivity index (χ1) is 10.4. The number of aryl methyl sites for hydroxylation is 1. The van der Waals surface area contributed by atoms with Crippen LogP contribution in [0, 0.1) is 0 Å². The monoisotopic (exact) mass is 298 g/mol. The van der Waals surface area contributed by atoms with Crippen LogP contribution in [0.15, 0.2) is 34.9 Å². The Hall–Kier alpha value is -1.65. The van der Waals surface area contributed by atoms with Gasteiger partial charge in [0.25, 0.3) is 0 Å². The number of thiazole rings is 1. The van der Waals surface area contributed by atoms with Gasteiger partial charge in [-0.25, -0.2) is 4.98 Å². The second-order valence-corrected chi connectivity index (χ2v) is 6.70. The number of furan rings is 1. The number of benzene rings is 1. The third-order valence-electron chi connectivity index (χ3n) is 4.23. The molecular weight excluding hydrogens is 280 g/mol. The molecule has 0 spiro atoms. The summed E-state index contributed by atoms with van der Waals surface area (Å²) in [6.45, 7) is 1.02. The van der Waals surface area contributed by atoms with E-state index in [1.54, 1.807) is 0 Å². The number of rotatable bonds is 3. The van der Waals surface area contributed by atoms with Gasteiger partial charge in [-0.3, -0.25) is 0 Å². The maximum atomic E-state index is 5.66. The Morgan fingerprint density at radius 3 is 3.19 bits per heavy atom. The van der Waals surface area contributed by atoms with E-state index in [0.29, 0.717) is 5.92 Å². The fourth-order valence-electron chi connectivity index (χ4n) is 3.21. The van der Waals surface area contributed by atoms with Gasteiger partial charge in [0, 0.05) is 22.7 Å². The lowest BCUT2D eigenvalue weighted by molar-refractivity contribution is 0.523. The number of hydrogen-bond donors (Lipinski definition) is 1. The summed E-state index contributed by atoms with van der Waals surface area (Å²) in [5.41, 5.74) is 3.38. The van der Waals surface area contributed by atoms with Gasteiger partial charge >= 0.3 is 0 Å². The lowest BCUT2D eigenvalue weighted by atomic mass is 9.91. The number of hydrogen-bond acceptors (Lipinski definition) is 4. The minimum atomic E-state index is 0.557. The lowest BCUT2D eigenvalue weighted by Crippen LogP contribution is -2.20. The summed E-state index contributed by atoms with van der Waals surface area (Å²) in [5, 5.41) is 5.56. The number of nitrogens with zero attached hydrogens (tertiary/aromatic N) is 1. The summed E-state index contributed by atoms with van der Waals surface area (Å²) < 4.78 is 5.66. The third kappa shape index (κ3) is 2.19. The molecule has 0 amide bonds. The van der Waals surface area contributed by atoms with Crippen molar-refractivity contribution < 1.29 is 4.42 Å². The Kier molecular flexibility index (Phi) is 3.28. The normalized spacial score (nSPS) is 18.0. The van der Waals surface area contributed by atoms with Crippen molar-refractivity contribution in [2.45, 2.75) is 25.2 Å². The molecule has 1 aromatic carbocycles. The van der Waals surface area contributed by atoms with E-state index in [2.05, 4.69) is 17.4 Å². The van der Waals surface area contributed by atoms with Crippen LogP contribution < -0.4 is 5.32 Å². The summed E-state index contributed by atoms with van der Waals surface area (Å²) >= 11 is 1.84. The smallest absolute Gasteiger partial charge is 0.134 e. The van der Waals surface area contributed by atoms with Crippen molar-refractivity contribution in [3.63, 3.8) is 0 Å². The predicted molar refractivity (Wildman–Crippen MR) is 86.9 cm³/mol. The van der Waals surface area contributed by atoms with Gasteiger partial charge < -0.3 is 9.73 Å². The van der Waals surface area contributed by atoms with Crippen molar-refractivity contribution in [1.29, 1.82) is 0 Å². The molecule has 21 heavy (non-hydrogen) atoms. The first kappa shape index (κ1) is 13.0.